The molecule has 0 heterocycles. The standard InChI is InChI=1S/C11H18N2O/c12-7-4-8-13-10-14-9-11-5-2-1-3-6-11/h1-3,5-6,13H,4,7-10,12H2. The van der Waals surface area contributed by atoms with Gasteiger partial charge < -0.3 is 10.5 Å². The molecule has 1 aromatic rings. The summed E-state index contributed by atoms with van der Waals surface area (Å²) in [6, 6.07) is 10.1. The number of rotatable bonds is 7. The number of nitrogens with two attached hydrogens (primary N) is 1. The molecule has 1 aromatic carbocycles. The molecule has 0 spiro atoms. The molecular formula is C11H18N2O. The lowest BCUT2D eigenvalue weighted by Gasteiger charge is -2.05. The van der Waals surface area contributed by atoms with Crippen LogP contribution in [0.2, 0.25) is 0 Å². The number of hydrogen-bond donors (Lipinski definition) is 2. The molecule has 3 N–H and O–H groups in total. The van der Waals surface area contributed by atoms with Gasteiger partial charge >= 0.3 is 0 Å². The first kappa shape index (κ1) is 11.2. The van der Waals surface area contributed by atoms with Crippen LogP contribution >= 0.6 is 0 Å². The lowest BCUT2D eigenvalue weighted by Crippen LogP contribution is -2.21. The lowest BCUT2D eigenvalue weighted by molar-refractivity contribution is 0.104. The molecule has 3 nitrogen and oxygen atoms in total. The van der Waals surface area contributed by atoms with Crippen molar-refractivity contribution in [2.45, 2.75) is 13.0 Å². The first-order valence-electron chi connectivity index (χ1n) is 4.96. The van der Waals surface area contributed by atoms with E-state index in [0.29, 0.717) is 13.3 Å². The molecule has 0 radical (unpaired) electrons. The molecule has 1 rings (SSSR count). The van der Waals surface area contributed by atoms with Gasteiger partial charge in [0.15, 0.2) is 0 Å². The molecule has 0 saturated heterocycles. The molecule has 0 amide bonds. The molecule has 0 saturated carbocycles. The van der Waals surface area contributed by atoms with Crippen LogP contribution in [0.1, 0.15) is 12.0 Å². The zero-order valence-electron chi connectivity index (χ0n) is 8.41. The van der Waals surface area contributed by atoms with Crippen LogP contribution in [-0.4, -0.2) is 19.8 Å². The van der Waals surface area contributed by atoms with Gasteiger partial charge in [-0.25, -0.2) is 0 Å². The maximum Gasteiger partial charge on any atom is 0.0969 e. The molecule has 0 aliphatic carbocycles. The third-order valence-electron chi connectivity index (χ3n) is 1.87. The molecule has 0 aliphatic rings. The van der Waals surface area contributed by atoms with Gasteiger partial charge in [0.05, 0.1) is 13.3 Å². The minimum absolute atomic E-state index is 0.592. The Balaban J connectivity index is 1.99. The Kier molecular flexibility index (Phi) is 5.99. The van der Waals surface area contributed by atoms with E-state index in [4.69, 9.17) is 10.5 Å². The quantitative estimate of drug-likeness (QED) is 0.505. The number of benzene rings is 1. The van der Waals surface area contributed by atoms with Crippen LogP contribution in [-0.2, 0) is 11.3 Å². The SMILES string of the molecule is NCCCNCOCc1ccccc1. The van der Waals surface area contributed by atoms with E-state index >= 15 is 0 Å². The van der Waals surface area contributed by atoms with Crippen molar-refractivity contribution in [1.82, 2.24) is 5.32 Å². The summed E-state index contributed by atoms with van der Waals surface area (Å²) in [4.78, 5) is 0. The van der Waals surface area contributed by atoms with Crippen molar-refractivity contribution in [1.29, 1.82) is 0 Å². The van der Waals surface area contributed by atoms with E-state index in [2.05, 4.69) is 17.4 Å². The van der Waals surface area contributed by atoms with Gasteiger partial charge in [-0.1, -0.05) is 30.3 Å². The fraction of sp³-hybridized carbons (Fsp3) is 0.455. The first-order valence-corrected chi connectivity index (χ1v) is 4.96. The summed E-state index contributed by atoms with van der Waals surface area (Å²) in [6.07, 6.45) is 0.995. The number of hydrogen-bond acceptors (Lipinski definition) is 3. The van der Waals surface area contributed by atoms with Gasteiger partial charge in [0.1, 0.15) is 0 Å². The number of ether oxygens (including phenoxy) is 1. The largest absolute Gasteiger partial charge is 0.362 e. The van der Waals surface area contributed by atoms with Crippen molar-refractivity contribution < 1.29 is 4.74 Å². The second-order valence-electron chi connectivity index (χ2n) is 3.12. The van der Waals surface area contributed by atoms with Crippen LogP contribution in [0.5, 0.6) is 0 Å². The fourth-order valence-corrected chi connectivity index (χ4v) is 1.11. The fourth-order valence-electron chi connectivity index (χ4n) is 1.11. The van der Waals surface area contributed by atoms with Crippen LogP contribution in [0.15, 0.2) is 30.3 Å². The van der Waals surface area contributed by atoms with E-state index in [1.54, 1.807) is 0 Å². The van der Waals surface area contributed by atoms with Gasteiger partial charge in [-0.3, -0.25) is 5.32 Å². The highest BCUT2D eigenvalue weighted by molar-refractivity contribution is 5.13. The maximum absolute atomic E-state index is 5.41. The van der Waals surface area contributed by atoms with Crippen molar-refractivity contribution >= 4 is 0 Å². The Labute approximate surface area is 85.3 Å². The zero-order valence-corrected chi connectivity index (χ0v) is 8.41. The van der Waals surface area contributed by atoms with E-state index in [9.17, 15) is 0 Å². The van der Waals surface area contributed by atoms with E-state index in [-0.39, 0.29) is 0 Å². The third kappa shape index (κ3) is 4.97. The van der Waals surface area contributed by atoms with E-state index < -0.39 is 0 Å². The number of nitrogens with one attached hydrogen (secondary N) is 1. The predicted molar refractivity (Wildman–Crippen MR) is 57.8 cm³/mol. The molecule has 0 fully saturated rings. The average Bonchev–Trinajstić information content (AvgIpc) is 2.25. The maximum atomic E-state index is 5.41. The smallest absolute Gasteiger partial charge is 0.0969 e. The summed E-state index contributed by atoms with van der Waals surface area (Å²) in [5, 5.41) is 3.15. The van der Waals surface area contributed by atoms with Crippen LogP contribution in [0, 0.1) is 0 Å². The molecule has 0 unspecified atom stereocenters. The van der Waals surface area contributed by atoms with Gasteiger partial charge in [-0.2, -0.15) is 0 Å². The van der Waals surface area contributed by atoms with Gasteiger partial charge in [0, 0.05) is 0 Å². The minimum atomic E-state index is 0.592. The molecular weight excluding hydrogens is 176 g/mol. The highest BCUT2D eigenvalue weighted by Crippen LogP contribution is 1.99. The van der Waals surface area contributed by atoms with Gasteiger partial charge in [-0.15, -0.1) is 0 Å². The van der Waals surface area contributed by atoms with Crippen LogP contribution < -0.4 is 11.1 Å². The van der Waals surface area contributed by atoms with Crippen molar-refractivity contribution in [3.63, 3.8) is 0 Å². The summed E-state index contributed by atoms with van der Waals surface area (Å²) in [5.74, 6) is 0. The topological polar surface area (TPSA) is 47.3 Å². The molecule has 3 heteroatoms. The Morgan fingerprint density at radius 1 is 1.21 bits per heavy atom. The van der Waals surface area contributed by atoms with Crippen molar-refractivity contribution in [3.05, 3.63) is 35.9 Å². The average molecular weight is 194 g/mol. The summed E-state index contributed by atoms with van der Waals surface area (Å²) in [5.41, 5.74) is 6.56. The van der Waals surface area contributed by atoms with Crippen molar-refractivity contribution in [3.8, 4) is 0 Å². The molecule has 78 valence electrons. The first-order chi connectivity index (χ1) is 6.93. The van der Waals surface area contributed by atoms with Crippen LogP contribution in [0.4, 0.5) is 0 Å². The second-order valence-corrected chi connectivity index (χ2v) is 3.12. The zero-order chi connectivity index (χ0) is 10.1. The Hall–Kier alpha value is -0.900. The predicted octanol–water partition coefficient (Wildman–Crippen LogP) is 1.10. The summed E-state index contributed by atoms with van der Waals surface area (Å²) < 4.78 is 5.41. The van der Waals surface area contributed by atoms with E-state index in [1.807, 2.05) is 18.2 Å². The highest BCUT2D eigenvalue weighted by atomic mass is 16.5. The van der Waals surface area contributed by atoms with Gasteiger partial charge in [0.2, 0.25) is 0 Å². The van der Waals surface area contributed by atoms with Crippen molar-refractivity contribution in [2.75, 3.05) is 19.8 Å². The molecule has 0 bridgehead atoms. The normalized spacial score (nSPS) is 10.4. The second kappa shape index (κ2) is 7.50. The molecule has 14 heavy (non-hydrogen) atoms. The Morgan fingerprint density at radius 2 is 2.00 bits per heavy atom. The summed E-state index contributed by atoms with van der Waals surface area (Å²) >= 11 is 0. The Bertz CT molecular complexity index is 226. The van der Waals surface area contributed by atoms with E-state index in [0.717, 1.165) is 19.5 Å². The molecule has 0 atom stereocenters. The Morgan fingerprint density at radius 3 is 2.71 bits per heavy atom. The summed E-state index contributed by atoms with van der Waals surface area (Å²) in [6.45, 7) is 2.91. The van der Waals surface area contributed by atoms with Crippen molar-refractivity contribution in [2.24, 2.45) is 5.73 Å². The monoisotopic (exact) mass is 194 g/mol. The van der Waals surface area contributed by atoms with Crippen LogP contribution in [0.3, 0.4) is 0 Å². The van der Waals surface area contributed by atoms with E-state index in [1.165, 1.54) is 5.56 Å². The lowest BCUT2D eigenvalue weighted by atomic mass is 10.2. The third-order valence-corrected chi connectivity index (χ3v) is 1.87. The van der Waals surface area contributed by atoms with Gasteiger partial charge in [0.25, 0.3) is 0 Å². The molecule has 0 aliphatic heterocycles. The van der Waals surface area contributed by atoms with Crippen LogP contribution in [0.25, 0.3) is 0 Å². The minimum Gasteiger partial charge on any atom is -0.362 e. The summed E-state index contributed by atoms with van der Waals surface area (Å²) in [7, 11) is 0. The highest BCUT2D eigenvalue weighted by Gasteiger charge is 1.90. The van der Waals surface area contributed by atoms with Gasteiger partial charge in [-0.05, 0) is 25.1 Å². The molecule has 0 aromatic heterocycles.